The van der Waals surface area contributed by atoms with Crippen molar-refractivity contribution in [1.29, 1.82) is 5.26 Å². The maximum Gasteiger partial charge on any atom is 0.225 e. The van der Waals surface area contributed by atoms with Gasteiger partial charge in [0.1, 0.15) is 0 Å². The molecule has 19 heavy (non-hydrogen) atoms. The molecule has 1 N–H and O–H groups in total. The summed E-state index contributed by atoms with van der Waals surface area (Å²) in [6, 6.07) is 11.1. The minimum atomic E-state index is -0.0666. The van der Waals surface area contributed by atoms with Crippen molar-refractivity contribution >= 4 is 11.7 Å². The molecule has 0 atom stereocenters. The average molecular weight is 254 g/mol. The molecular weight excluding hydrogens is 240 g/mol. The van der Waals surface area contributed by atoms with Gasteiger partial charge in [-0.2, -0.15) is 10.4 Å². The molecule has 96 valence electrons. The Morgan fingerprint density at radius 2 is 2.11 bits per heavy atom. The molecule has 2 rings (SSSR count). The van der Waals surface area contributed by atoms with Crippen LogP contribution in [0.3, 0.4) is 0 Å². The van der Waals surface area contributed by atoms with Crippen molar-refractivity contribution in [2.45, 2.75) is 12.8 Å². The zero-order valence-corrected chi connectivity index (χ0v) is 10.6. The van der Waals surface area contributed by atoms with Crippen molar-refractivity contribution in [2.24, 2.45) is 7.05 Å². The molecule has 2 aromatic rings. The maximum atomic E-state index is 11.7. The fourth-order valence-electron chi connectivity index (χ4n) is 1.69. The second-order valence-corrected chi connectivity index (χ2v) is 4.23. The summed E-state index contributed by atoms with van der Waals surface area (Å²) >= 11 is 0. The highest BCUT2D eigenvalue weighted by Crippen LogP contribution is 2.07. The Labute approximate surface area is 111 Å². The first-order valence-corrected chi connectivity index (χ1v) is 5.96. The first-order valence-electron chi connectivity index (χ1n) is 5.96. The number of benzene rings is 1. The van der Waals surface area contributed by atoms with E-state index < -0.39 is 0 Å². The number of carbonyl (C=O) groups is 1. The van der Waals surface area contributed by atoms with Gasteiger partial charge in [-0.3, -0.25) is 9.48 Å². The monoisotopic (exact) mass is 254 g/mol. The van der Waals surface area contributed by atoms with Gasteiger partial charge in [-0.25, -0.2) is 0 Å². The van der Waals surface area contributed by atoms with Gasteiger partial charge >= 0.3 is 0 Å². The lowest BCUT2D eigenvalue weighted by atomic mass is 10.1. The minimum Gasteiger partial charge on any atom is -0.309 e. The summed E-state index contributed by atoms with van der Waals surface area (Å²) in [5, 5.41) is 15.5. The molecule has 0 saturated heterocycles. The van der Waals surface area contributed by atoms with Crippen LogP contribution in [0.1, 0.15) is 17.5 Å². The van der Waals surface area contributed by atoms with Gasteiger partial charge < -0.3 is 5.32 Å². The standard InChI is InChI=1S/C14H14N4O/c1-18-9-8-13(17-18)16-14(19)7-6-11-2-4-12(10-15)5-3-11/h2-5,8-9H,6-7H2,1H3,(H,16,17,19). The number of aryl methyl sites for hydroxylation is 2. The van der Waals surface area contributed by atoms with Crippen LogP contribution in [0.5, 0.6) is 0 Å². The lowest BCUT2D eigenvalue weighted by molar-refractivity contribution is -0.116. The van der Waals surface area contributed by atoms with E-state index in [1.807, 2.05) is 12.1 Å². The van der Waals surface area contributed by atoms with E-state index in [0.29, 0.717) is 24.2 Å². The summed E-state index contributed by atoms with van der Waals surface area (Å²) in [4.78, 5) is 11.7. The molecule has 5 heteroatoms. The van der Waals surface area contributed by atoms with E-state index >= 15 is 0 Å². The quantitative estimate of drug-likeness (QED) is 0.905. The van der Waals surface area contributed by atoms with E-state index in [1.54, 1.807) is 36.1 Å². The van der Waals surface area contributed by atoms with Crippen molar-refractivity contribution < 1.29 is 4.79 Å². The number of nitrogens with one attached hydrogen (secondary N) is 1. The molecule has 1 aromatic heterocycles. The van der Waals surface area contributed by atoms with E-state index in [2.05, 4.69) is 16.5 Å². The summed E-state index contributed by atoms with van der Waals surface area (Å²) in [5.41, 5.74) is 1.66. The molecule has 0 aliphatic heterocycles. The summed E-state index contributed by atoms with van der Waals surface area (Å²) < 4.78 is 1.64. The average Bonchev–Trinajstić information content (AvgIpc) is 2.82. The lowest BCUT2D eigenvalue weighted by Gasteiger charge is -2.02. The molecule has 1 heterocycles. The van der Waals surface area contributed by atoms with Gasteiger partial charge in [-0.05, 0) is 24.1 Å². The van der Waals surface area contributed by atoms with Gasteiger partial charge in [0, 0.05) is 25.7 Å². The molecule has 0 spiro atoms. The molecular formula is C14H14N4O. The first-order chi connectivity index (χ1) is 9.17. The highest BCUT2D eigenvalue weighted by molar-refractivity contribution is 5.89. The van der Waals surface area contributed by atoms with Crippen molar-refractivity contribution in [2.75, 3.05) is 5.32 Å². The van der Waals surface area contributed by atoms with Crippen LogP contribution in [-0.4, -0.2) is 15.7 Å². The number of anilines is 1. The van der Waals surface area contributed by atoms with Crippen LogP contribution in [0.15, 0.2) is 36.5 Å². The van der Waals surface area contributed by atoms with E-state index in [9.17, 15) is 4.79 Å². The lowest BCUT2D eigenvalue weighted by Crippen LogP contribution is -2.13. The first kappa shape index (κ1) is 12.8. The number of nitrogens with zero attached hydrogens (tertiary/aromatic N) is 3. The Bertz CT molecular complexity index is 607. The molecule has 0 fully saturated rings. The Hall–Kier alpha value is -2.61. The number of hydrogen-bond donors (Lipinski definition) is 1. The summed E-state index contributed by atoms with van der Waals surface area (Å²) in [5.74, 6) is 0.496. The van der Waals surface area contributed by atoms with E-state index in [-0.39, 0.29) is 5.91 Å². The third-order valence-corrected chi connectivity index (χ3v) is 2.70. The second kappa shape index (κ2) is 5.83. The predicted octanol–water partition coefficient (Wildman–Crippen LogP) is 1.86. The summed E-state index contributed by atoms with van der Waals surface area (Å²) in [6.07, 6.45) is 2.81. The Kier molecular flexibility index (Phi) is 3.94. The SMILES string of the molecule is Cn1ccc(NC(=O)CCc2ccc(C#N)cc2)n1. The Balaban J connectivity index is 1.84. The largest absolute Gasteiger partial charge is 0.309 e. The molecule has 0 bridgehead atoms. The van der Waals surface area contributed by atoms with Crippen molar-refractivity contribution in [3.63, 3.8) is 0 Å². The van der Waals surface area contributed by atoms with Gasteiger partial charge in [-0.15, -0.1) is 0 Å². The van der Waals surface area contributed by atoms with Gasteiger partial charge in [0.25, 0.3) is 0 Å². The van der Waals surface area contributed by atoms with Crippen LogP contribution in [0.25, 0.3) is 0 Å². The van der Waals surface area contributed by atoms with Crippen LogP contribution in [-0.2, 0) is 18.3 Å². The zero-order chi connectivity index (χ0) is 13.7. The van der Waals surface area contributed by atoms with Crippen molar-refractivity contribution in [3.05, 3.63) is 47.7 Å². The van der Waals surface area contributed by atoms with Crippen LogP contribution in [0, 0.1) is 11.3 Å². The number of aromatic nitrogens is 2. The molecule has 1 amide bonds. The van der Waals surface area contributed by atoms with Crippen LogP contribution < -0.4 is 5.32 Å². The van der Waals surface area contributed by atoms with Gasteiger partial charge in [0.2, 0.25) is 5.91 Å². The summed E-state index contributed by atoms with van der Waals surface area (Å²) in [6.45, 7) is 0. The number of rotatable bonds is 4. The zero-order valence-electron chi connectivity index (χ0n) is 10.6. The number of amides is 1. The second-order valence-electron chi connectivity index (χ2n) is 4.23. The van der Waals surface area contributed by atoms with Crippen LogP contribution in [0.4, 0.5) is 5.82 Å². The normalized spacial score (nSPS) is 9.89. The number of hydrogen-bond acceptors (Lipinski definition) is 3. The highest BCUT2D eigenvalue weighted by Gasteiger charge is 2.05. The third kappa shape index (κ3) is 3.68. The molecule has 1 aromatic carbocycles. The van der Waals surface area contributed by atoms with Crippen molar-refractivity contribution in [3.8, 4) is 6.07 Å². The number of nitriles is 1. The fourth-order valence-corrected chi connectivity index (χ4v) is 1.69. The minimum absolute atomic E-state index is 0.0666. The smallest absolute Gasteiger partial charge is 0.225 e. The van der Waals surface area contributed by atoms with E-state index in [4.69, 9.17) is 5.26 Å². The topological polar surface area (TPSA) is 70.7 Å². The fraction of sp³-hybridized carbons (Fsp3) is 0.214. The molecule has 0 aliphatic rings. The molecule has 5 nitrogen and oxygen atoms in total. The maximum absolute atomic E-state index is 11.7. The van der Waals surface area contributed by atoms with Gasteiger partial charge in [-0.1, -0.05) is 12.1 Å². The molecule has 0 unspecified atom stereocenters. The summed E-state index contributed by atoms with van der Waals surface area (Å²) in [7, 11) is 1.80. The van der Waals surface area contributed by atoms with Gasteiger partial charge in [0.15, 0.2) is 5.82 Å². The molecule has 0 saturated carbocycles. The van der Waals surface area contributed by atoms with E-state index in [1.165, 1.54) is 0 Å². The third-order valence-electron chi connectivity index (χ3n) is 2.70. The number of carbonyl (C=O) groups excluding carboxylic acids is 1. The Morgan fingerprint density at radius 1 is 1.37 bits per heavy atom. The van der Waals surface area contributed by atoms with Crippen molar-refractivity contribution in [1.82, 2.24) is 9.78 Å². The predicted molar refractivity (Wildman–Crippen MR) is 71.3 cm³/mol. The van der Waals surface area contributed by atoms with Crippen LogP contribution >= 0.6 is 0 Å². The Morgan fingerprint density at radius 3 is 2.68 bits per heavy atom. The molecule has 0 radical (unpaired) electrons. The highest BCUT2D eigenvalue weighted by atomic mass is 16.1. The van der Waals surface area contributed by atoms with E-state index in [0.717, 1.165) is 5.56 Å². The van der Waals surface area contributed by atoms with Gasteiger partial charge in [0.05, 0.1) is 11.6 Å². The van der Waals surface area contributed by atoms with Crippen LogP contribution in [0.2, 0.25) is 0 Å². The molecule has 0 aliphatic carbocycles.